The van der Waals surface area contributed by atoms with E-state index >= 15 is 0 Å². The number of thioether (sulfide) groups is 1. The summed E-state index contributed by atoms with van der Waals surface area (Å²) in [7, 11) is 1.64. The van der Waals surface area contributed by atoms with Gasteiger partial charge in [-0.05, 0) is 37.3 Å². The molecule has 2 heterocycles. The van der Waals surface area contributed by atoms with E-state index in [1.165, 1.54) is 16.7 Å². The Bertz CT molecular complexity index is 935. The lowest BCUT2D eigenvalue weighted by molar-refractivity contribution is -0.121. The Labute approximate surface area is 164 Å². The second-order valence-electron chi connectivity index (χ2n) is 5.36. The molecule has 26 heavy (non-hydrogen) atoms. The zero-order valence-electron chi connectivity index (χ0n) is 13.9. The number of amides is 1. The molecule has 2 aromatic rings. The van der Waals surface area contributed by atoms with Crippen molar-refractivity contribution >= 4 is 57.9 Å². The van der Waals surface area contributed by atoms with Crippen molar-refractivity contribution in [3.63, 3.8) is 0 Å². The first-order valence-corrected chi connectivity index (χ1v) is 9.29. The van der Waals surface area contributed by atoms with Crippen molar-refractivity contribution in [2.75, 3.05) is 13.7 Å². The number of ether oxygens (including phenoxy) is 1. The minimum absolute atomic E-state index is 0.158. The molecule has 1 saturated heterocycles. The number of rotatable bonds is 4. The Hall–Kier alpha value is -2.09. The van der Waals surface area contributed by atoms with Gasteiger partial charge in [0.2, 0.25) is 0 Å². The number of hydrogen-bond acceptors (Lipinski definition) is 6. The van der Waals surface area contributed by atoms with Gasteiger partial charge in [-0.2, -0.15) is 0 Å². The molecular weight excluding hydrogens is 394 g/mol. The Morgan fingerprint density at radius 1 is 1.38 bits per heavy atom. The van der Waals surface area contributed by atoms with Crippen LogP contribution in [-0.2, 0) is 9.53 Å². The van der Waals surface area contributed by atoms with Gasteiger partial charge in [0, 0.05) is 18.7 Å². The second-order valence-corrected chi connectivity index (χ2v) is 7.44. The van der Waals surface area contributed by atoms with E-state index in [1.54, 1.807) is 50.4 Å². The lowest BCUT2D eigenvalue weighted by Gasteiger charge is -2.06. The maximum Gasteiger partial charge on any atom is 0.339 e. The number of nitrogens with zero attached hydrogens (tertiary/aromatic N) is 1. The van der Waals surface area contributed by atoms with Crippen molar-refractivity contribution < 1.29 is 18.7 Å². The summed E-state index contributed by atoms with van der Waals surface area (Å²) in [6, 6.07) is 8.49. The van der Waals surface area contributed by atoms with Gasteiger partial charge in [-0.25, -0.2) is 4.79 Å². The molecule has 0 saturated carbocycles. The molecule has 1 aromatic carbocycles. The molecule has 1 fully saturated rings. The third-order valence-electron chi connectivity index (χ3n) is 3.63. The highest BCUT2D eigenvalue weighted by atomic mass is 35.5. The number of carbonyl (C=O) groups is 2. The lowest BCUT2D eigenvalue weighted by atomic mass is 10.1. The van der Waals surface area contributed by atoms with E-state index in [-0.39, 0.29) is 18.1 Å². The van der Waals surface area contributed by atoms with Gasteiger partial charge in [0.05, 0.1) is 22.1 Å². The quantitative estimate of drug-likeness (QED) is 0.419. The Morgan fingerprint density at radius 2 is 2.15 bits per heavy atom. The summed E-state index contributed by atoms with van der Waals surface area (Å²) >= 11 is 12.4. The van der Waals surface area contributed by atoms with Crippen LogP contribution >= 0.6 is 35.6 Å². The minimum Gasteiger partial charge on any atom is -0.462 e. The molecule has 8 heteroatoms. The molecule has 134 valence electrons. The Kier molecular flexibility index (Phi) is 5.50. The van der Waals surface area contributed by atoms with E-state index in [9.17, 15) is 9.59 Å². The summed E-state index contributed by atoms with van der Waals surface area (Å²) in [5.41, 5.74) is 0.955. The van der Waals surface area contributed by atoms with Crippen LogP contribution in [0.25, 0.3) is 17.4 Å². The van der Waals surface area contributed by atoms with E-state index in [2.05, 4.69) is 0 Å². The summed E-state index contributed by atoms with van der Waals surface area (Å²) in [5, 5.41) is 0.311. The van der Waals surface area contributed by atoms with Gasteiger partial charge in [-0.1, -0.05) is 35.6 Å². The van der Waals surface area contributed by atoms with E-state index in [4.69, 9.17) is 33.0 Å². The van der Waals surface area contributed by atoms with Crippen molar-refractivity contribution in [2.24, 2.45) is 0 Å². The molecule has 1 aliphatic heterocycles. The van der Waals surface area contributed by atoms with Crippen LogP contribution in [0.4, 0.5) is 0 Å². The normalized spacial score (nSPS) is 15.8. The second kappa shape index (κ2) is 7.65. The van der Waals surface area contributed by atoms with Gasteiger partial charge in [-0.3, -0.25) is 9.69 Å². The predicted molar refractivity (Wildman–Crippen MR) is 106 cm³/mol. The van der Waals surface area contributed by atoms with Gasteiger partial charge in [0.25, 0.3) is 5.91 Å². The molecule has 1 amide bonds. The van der Waals surface area contributed by atoms with Gasteiger partial charge >= 0.3 is 5.97 Å². The van der Waals surface area contributed by atoms with Crippen molar-refractivity contribution in [3.8, 4) is 11.3 Å². The van der Waals surface area contributed by atoms with Crippen LogP contribution < -0.4 is 0 Å². The van der Waals surface area contributed by atoms with Crippen LogP contribution in [0.5, 0.6) is 0 Å². The van der Waals surface area contributed by atoms with E-state index in [0.717, 1.165) is 0 Å². The van der Waals surface area contributed by atoms with E-state index in [0.29, 0.717) is 31.3 Å². The Balaban J connectivity index is 1.89. The maximum absolute atomic E-state index is 12.1. The van der Waals surface area contributed by atoms with Crippen LogP contribution in [-0.4, -0.2) is 34.8 Å². The van der Waals surface area contributed by atoms with E-state index in [1.807, 2.05) is 0 Å². The van der Waals surface area contributed by atoms with Crippen molar-refractivity contribution in [1.82, 2.24) is 4.90 Å². The molecule has 0 atom stereocenters. The Morgan fingerprint density at radius 3 is 2.81 bits per heavy atom. The van der Waals surface area contributed by atoms with Crippen molar-refractivity contribution in [2.45, 2.75) is 6.92 Å². The fourth-order valence-corrected chi connectivity index (χ4v) is 3.66. The molecule has 0 N–H and O–H groups in total. The number of likely N-dealkylation sites (N-methyl/N-ethyl adjacent to an activating group) is 1. The van der Waals surface area contributed by atoms with E-state index < -0.39 is 5.97 Å². The molecule has 3 rings (SSSR count). The number of benzene rings is 1. The van der Waals surface area contributed by atoms with Gasteiger partial charge < -0.3 is 9.15 Å². The highest BCUT2D eigenvalue weighted by molar-refractivity contribution is 8.26. The van der Waals surface area contributed by atoms with Crippen LogP contribution in [0.1, 0.15) is 23.0 Å². The highest BCUT2D eigenvalue weighted by Gasteiger charge is 2.29. The summed E-state index contributed by atoms with van der Waals surface area (Å²) in [6.45, 7) is 1.99. The monoisotopic (exact) mass is 407 g/mol. The SMILES string of the molecule is CCOC(=O)c1cc(-c2ccc(/C=C3\SC(=S)N(C)C3=O)o2)ccc1Cl. The van der Waals surface area contributed by atoms with Crippen LogP contribution in [0.2, 0.25) is 5.02 Å². The first-order valence-electron chi connectivity index (χ1n) is 7.69. The fraction of sp³-hybridized carbons (Fsp3) is 0.167. The molecule has 0 aliphatic carbocycles. The topological polar surface area (TPSA) is 59.8 Å². The maximum atomic E-state index is 12.1. The van der Waals surface area contributed by atoms with Gasteiger partial charge in [0.1, 0.15) is 15.8 Å². The molecule has 0 bridgehead atoms. The largest absolute Gasteiger partial charge is 0.462 e. The average Bonchev–Trinajstić information content (AvgIpc) is 3.17. The first kappa shape index (κ1) is 18.7. The zero-order chi connectivity index (χ0) is 18.8. The highest BCUT2D eigenvalue weighted by Crippen LogP contribution is 2.33. The molecule has 1 aliphatic rings. The summed E-state index contributed by atoms with van der Waals surface area (Å²) < 4.78 is 11.3. The average molecular weight is 408 g/mol. The number of thiocarbonyl (C=S) groups is 1. The van der Waals surface area contributed by atoms with Crippen LogP contribution in [0.15, 0.2) is 39.7 Å². The molecule has 0 radical (unpaired) electrons. The predicted octanol–water partition coefficient (Wildman–Crippen LogP) is 4.61. The molecule has 0 spiro atoms. The summed E-state index contributed by atoms with van der Waals surface area (Å²) in [6.07, 6.45) is 1.65. The molecule has 1 aromatic heterocycles. The molecule has 0 unspecified atom stereocenters. The number of halogens is 1. The van der Waals surface area contributed by atoms with Crippen molar-refractivity contribution in [1.29, 1.82) is 0 Å². The zero-order valence-corrected chi connectivity index (χ0v) is 16.3. The molecular formula is C18H14ClNO4S2. The molecule has 5 nitrogen and oxygen atoms in total. The van der Waals surface area contributed by atoms with Gasteiger partial charge in [-0.15, -0.1) is 0 Å². The van der Waals surface area contributed by atoms with Crippen LogP contribution in [0, 0.1) is 0 Å². The lowest BCUT2D eigenvalue weighted by Crippen LogP contribution is -2.22. The van der Waals surface area contributed by atoms with Gasteiger partial charge in [0.15, 0.2) is 0 Å². The van der Waals surface area contributed by atoms with Crippen LogP contribution in [0.3, 0.4) is 0 Å². The number of hydrogen-bond donors (Lipinski definition) is 0. The third-order valence-corrected chi connectivity index (χ3v) is 5.45. The third kappa shape index (κ3) is 3.70. The minimum atomic E-state index is -0.488. The smallest absolute Gasteiger partial charge is 0.339 e. The van der Waals surface area contributed by atoms with Crippen molar-refractivity contribution in [3.05, 3.63) is 51.6 Å². The number of carbonyl (C=O) groups excluding carboxylic acids is 2. The number of esters is 1. The summed E-state index contributed by atoms with van der Waals surface area (Å²) in [4.78, 5) is 26.0. The first-order chi connectivity index (χ1) is 12.4. The standard InChI is InChI=1S/C18H14ClNO4S2/c1-3-23-17(22)12-8-10(4-6-13(12)19)14-7-5-11(24-14)9-15-16(21)20(2)18(25)26-15/h4-9H,3H2,1-2H3/b15-9-. The number of furan rings is 1. The fourth-order valence-electron chi connectivity index (χ4n) is 2.30. The summed E-state index contributed by atoms with van der Waals surface area (Å²) in [5.74, 6) is 0.416.